The average molecular weight is 233 g/mol. The van der Waals surface area contributed by atoms with Gasteiger partial charge in [-0.15, -0.1) is 0 Å². The number of carbonyl (C=O) groups is 1. The van der Waals surface area contributed by atoms with Gasteiger partial charge in [-0.1, -0.05) is 0 Å². The van der Waals surface area contributed by atoms with E-state index >= 15 is 0 Å². The maximum absolute atomic E-state index is 11.1. The molecular formula is C11H15N5O. The van der Waals surface area contributed by atoms with E-state index in [-0.39, 0.29) is 5.91 Å². The van der Waals surface area contributed by atoms with Gasteiger partial charge in [0.05, 0.1) is 0 Å². The molecule has 2 N–H and O–H groups in total. The number of pyridine rings is 1. The Hall–Kier alpha value is -2.11. The van der Waals surface area contributed by atoms with Crippen molar-refractivity contribution in [3.63, 3.8) is 0 Å². The topological polar surface area (TPSA) is 71.3 Å². The number of fused-ring (bicyclic) bond motifs is 1. The molecule has 6 heteroatoms. The lowest BCUT2D eigenvalue weighted by Crippen LogP contribution is -2.21. The lowest BCUT2D eigenvalue weighted by molar-refractivity contribution is -0.120. The van der Waals surface area contributed by atoms with Gasteiger partial charge in [0.15, 0.2) is 5.65 Å². The molecule has 0 saturated heterocycles. The van der Waals surface area contributed by atoms with Gasteiger partial charge in [0.2, 0.25) is 5.91 Å². The zero-order chi connectivity index (χ0) is 12.3. The van der Waals surface area contributed by atoms with E-state index in [2.05, 4.69) is 20.7 Å². The smallest absolute Gasteiger partial charge is 0.221 e. The van der Waals surface area contributed by atoms with Gasteiger partial charge in [-0.3, -0.25) is 4.79 Å². The van der Waals surface area contributed by atoms with Gasteiger partial charge in [-0.2, -0.15) is 9.61 Å². The monoisotopic (exact) mass is 233 g/mol. The first-order chi connectivity index (χ1) is 8.20. The van der Waals surface area contributed by atoms with Crippen LogP contribution in [0.5, 0.6) is 0 Å². The van der Waals surface area contributed by atoms with E-state index < -0.39 is 0 Å². The molecule has 0 fully saturated rings. The molecule has 0 aliphatic carbocycles. The van der Waals surface area contributed by atoms with E-state index in [0.29, 0.717) is 13.0 Å². The number of aromatic nitrogens is 3. The van der Waals surface area contributed by atoms with Crippen LogP contribution in [0.2, 0.25) is 0 Å². The summed E-state index contributed by atoms with van der Waals surface area (Å²) in [5.41, 5.74) is 1.90. The number of amides is 1. The number of carbonyl (C=O) groups excluding carboxylic acids is 1. The summed E-state index contributed by atoms with van der Waals surface area (Å²) in [5.74, 6) is 0.862. The van der Waals surface area contributed by atoms with Gasteiger partial charge in [0, 0.05) is 20.0 Å². The summed E-state index contributed by atoms with van der Waals surface area (Å²) in [5, 5.41) is 9.88. The van der Waals surface area contributed by atoms with Gasteiger partial charge < -0.3 is 10.6 Å². The van der Waals surface area contributed by atoms with Crippen molar-refractivity contribution in [2.45, 2.75) is 13.3 Å². The number of aryl methyl sites for hydroxylation is 1. The molecule has 17 heavy (non-hydrogen) atoms. The molecule has 6 nitrogen and oxygen atoms in total. The summed E-state index contributed by atoms with van der Waals surface area (Å²) in [6.45, 7) is 2.57. The van der Waals surface area contributed by atoms with Gasteiger partial charge in [0.25, 0.3) is 0 Å². The Morgan fingerprint density at radius 1 is 1.47 bits per heavy atom. The third-order valence-corrected chi connectivity index (χ3v) is 2.46. The van der Waals surface area contributed by atoms with Crippen LogP contribution in [0, 0.1) is 6.92 Å². The Morgan fingerprint density at radius 3 is 3.06 bits per heavy atom. The third kappa shape index (κ3) is 2.52. The van der Waals surface area contributed by atoms with E-state index in [1.54, 1.807) is 11.6 Å². The fraction of sp³-hybridized carbons (Fsp3) is 0.364. The Bertz CT molecular complexity index is 534. The Morgan fingerprint density at radius 2 is 2.29 bits per heavy atom. The molecule has 0 spiro atoms. The van der Waals surface area contributed by atoms with E-state index in [9.17, 15) is 4.79 Å². The van der Waals surface area contributed by atoms with E-state index in [1.165, 1.54) is 6.33 Å². The number of nitrogens with one attached hydrogen (secondary N) is 2. The van der Waals surface area contributed by atoms with Gasteiger partial charge >= 0.3 is 0 Å². The van der Waals surface area contributed by atoms with Crippen LogP contribution in [0.1, 0.15) is 12.0 Å². The molecule has 2 aromatic rings. The number of nitrogens with zero attached hydrogens (tertiary/aromatic N) is 3. The first-order valence-electron chi connectivity index (χ1n) is 5.45. The van der Waals surface area contributed by atoms with Crippen molar-refractivity contribution in [2.75, 3.05) is 18.9 Å². The molecule has 2 aromatic heterocycles. The number of hydrogen-bond donors (Lipinski definition) is 2. The fourth-order valence-corrected chi connectivity index (χ4v) is 1.61. The molecule has 0 aromatic carbocycles. The highest BCUT2D eigenvalue weighted by atomic mass is 16.1. The van der Waals surface area contributed by atoms with Crippen molar-refractivity contribution in [1.82, 2.24) is 19.9 Å². The molecule has 1 amide bonds. The summed E-state index contributed by atoms with van der Waals surface area (Å²) in [6.07, 6.45) is 1.94. The predicted molar refractivity (Wildman–Crippen MR) is 64.9 cm³/mol. The average Bonchev–Trinajstić information content (AvgIpc) is 2.76. The normalized spacial score (nSPS) is 10.5. The van der Waals surface area contributed by atoms with Crippen LogP contribution in [0.3, 0.4) is 0 Å². The molecule has 0 unspecified atom stereocenters. The molecule has 2 rings (SSSR count). The summed E-state index contributed by atoms with van der Waals surface area (Å²) in [4.78, 5) is 15.2. The quantitative estimate of drug-likeness (QED) is 0.810. The summed E-state index contributed by atoms with van der Waals surface area (Å²) in [6, 6.07) is 3.93. The second kappa shape index (κ2) is 4.82. The number of hydrogen-bond acceptors (Lipinski definition) is 4. The van der Waals surface area contributed by atoms with Gasteiger partial charge in [-0.05, 0) is 24.6 Å². The van der Waals surface area contributed by atoms with Crippen LogP contribution in [0.15, 0.2) is 18.5 Å². The molecule has 0 aliphatic rings. The van der Waals surface area contributed by atoms with Crippen molar-refractivity contribution < 1.29 is 4.79 Å². The molecule has 2 heterocycles. The van der Waals surface area contributed by atoms with Crippen molar-refractivity contribution in [2.24, 2.45) is 0 Å². The number of anilines is 1. The third-order valence-electron chi connectivity index (χ3n) is 2.46. The van der Waals surface area contributed by atoms with Crippen LogP contribution in [0.4, 0.5) is 5.82 Å². The van der Waals surface area contributed by atoms with Crippen LogP contribution in [-0.4, -0.2) is 34.1 Å². The summed E-state index contributed by atoms with van der Waals surface area (Å²) in [7, 11) is 1.63. The SMILES string of the molecule is CNC(=O)CCNc1cc(C)cc2ncnn12. The molecule has 0 bridgehead atoms. The molecule has 0 atom stereocenters. The lowest BCUT2D eigenvalue weighted by atomic mass is 10.3. The zero-order valence-corrected chi connectivity index (χ0v) is 9.90. The second-order valence-corrected chi connectivity index (χ2v) is 3.80. The van der Waals surface area contributed by atoms with E-state index in [4.69, 9.17) is 0 Å². The first kappa shape index (κ1) is 11.4. The van der Waals surface area contributed by atoms with Crippen molar-refractivity contribution in [3.8, 4) is 0 Å². The number of rotatable bonds is 4. The second-order valence-electron chi connectivity index (χ2n) is 3.80. The molecule has 0 saturated carbocycles. The van der Waals surface area contributed by atoms with Crippen molar-refractivity contribution >= 4 is 17.4 Å². The summed E-state index contributed by atoms with van der Waals surface area (Å²) < 4.78 is 1.72. The Kier molecular flexibility index (Phi) is 3.22. The first-order valence-corrected chi connectivity index (χ1v) is 5.45. The van der Waals surface area contributed by atoms with Crippen LogP contribution >= 0.6 is 0 Å². The highest BCUT2D eigenvalue weighted by molar-refractivity contribution is 5.76. The largest absolute Gasteiger partial charge is 0.369 e. The molecule has 90 valence electrons. The van der Waals surface area contributed by atoms with E-state index in [0.717, 1.165) is 17.0 Å². The molecule has 0 aliphatic heterocycles. The minimum atomic E-state index is 0.0139. The molecular weight excluding hydrogens is 218 g/mol. The molecule has 0 radical (unpaired) electrons. The minimum absolute atomic E-state index is 0.0139. The van der Waals surface area contributed by atoms with Gasteiger partial charge in [0.1, 0.15) is 12.1 Å². The van der Waals surface area contributed by atoms with Gasteiger partial charge in [-0.25, -0.2) is 4.98 Å². The van der Waals surface area contributed by atoms with Crippen LogP contribution in [-0.2, 0) is 4.79 Å². The summed E-state index contributed by atoms with van der Waals surface area (Å²) >= 11 is 0. The van der Waals surface area contributed by atoms with Crippen molar-refractivity contribution in [1.29, 1.82) is 0 Å². The van der Waals surface area contributed by atoms with Crippen molar-refractivity contribution in [3.05, 3.63) is 24.0 Å². The minimum Gasteiger partial charge on any atom is -0.369 e. The highest BCUT2D eigenvalue weighted by Gasteiger charge is 2.04. The standard InChI is InChI=1S/C11H15N5O/c1-8-5-9(13-4-3-11(17)12-2)16-10(6-8)14-7-15-16/h5-7,13H,3-4H2,1-2H3,(H,12,17). The zero-order valence-electron chi connectivity index (χ0n) is 9.90. The maximum Gasteiger partial charge on any atom is 0.221 e. The van der Waals surface area contributed by atoms with Crippen LogP contribution < -0.4 is 10.6 Å². The maximum atomic E-state index is 11.1. The van der Waals surface area contributed by atoms with E-state index in [1.807, 2.05) is 19.1 Å². The fourth-order valence-electron chi connectivity index (χ4n) is 1.61. The lowest BCUT2D eigenvalue weighted by Gasteiger charge is -2.08. The Labute approximate surface area is 99.0 Å². The predicted octanol–water partition coefficient (Wildman–Crippen LogP) is 0.586. The highest BCUT2D eigenvalue weighted by Crippen LogP contribution is 2.12. The van der Waals surface area contributed by atoms with Crippen LogP contribution in [0.25, 0.3) is 5.65 Å². The Balaban J connectivity index is 2.12.